The van der Waals surface area contributed by atoms with Crippen LogP contribution in [0.1, 0.15) is 27.8 Å². The first-order valence-electron chi connectivity index (χ1n) is 8.10. The molecule has 0 aromatic heterocycles. The SMILES string of the molecule is CNC(=O)/C(=N/OC)c1ccccc1COc1cc(C)cc(C)c1C. The van der Waals surface area contributed by atoms with Crippen LogP contribution in [-0.2, 0) is 16.2 Å². The first-order chi connectivity index (χ1) is 12.0. The van der Waals surface area contributed by atoms with Gasteiger partial charge in [0.2, 0.25) is 0 Å². The zero-order valence-corrected chi connectivity index (χ0v) is 15.3. The molecule has 132 valence electrons. The highest BCUT2D eigenvalue weighted by atomic mass is 16.6. The predicted octanol–water partition coefficient (Wildman–Crippen LogP) is 3.29. The average Bonchev–Trinajstić information content (AvgIpc) is 2.61. The van der Waals surface area contributed by atoms with E-state index in [0.717, 1.165) is 22.4 Å². The smallest absolute Gasteiger partial charge is 0.273 e. The van der Waals surface area contributed by atoms with Crippen LogP contribution in [-0.4, -0.2) is 25.8 Å². The molecule has 0 bridgehead atoms. The molecule has 0 spiro atoms. The number of aryl methyl sites for hydroxylation is 2. The van der Waals surface area contributed by atoms with Crippen LogP contribution < -0.4 is 10.1 Å². The number of nitrogens with one attached hydrogen (secondary N) is 1. The Bertz CT molecular complexity index is 798. The van der Waals surface area contributed by atoms with Gasteiger partial charge >= 0.3 is 0 Å². The minimum Gasteiger partial charge on any atom is -0.489 e. The van der Waals surface area contributed by atoms with Gasteiger partial charge in [0, 0.05) is 12.6 Å². The number of benzene rings is 2. The summed E-state index contributed by atoms with van der Waals surface area (Å²) in [5.74, 6) is 0.536. The molecule has 0 fully saturated rings. The van der Waals surface area contributed by atoms with Gasteiger partial charge in [0.25, 0.3) is 5.91 Å². The lowest BCUT2D eigenvalue weighted by Gasteiger charge is -2.15. The molecule has 1 N–H and O–H groups in total. The molecule has 5 nitrogen and oxygen atoms in total. The maximum absolute atomic E-state index is 12.1. The summed E-state index contributed by atoms with van der Waals surface area (Å²) < 4.78 is 6.04. The van der Waals surface area contributed by atoms with E-state index in [9.17, 15) is 4.79 Å². The third kappa shape index (κ3) is 4.38. The van der Waals surface area contributed by atoms with Crippen molar-refractivity contribution < 1.29 is 14.4 Å². The number of oxime groups is 1. The van der Waals surface area contributed by atoms with Gasteiger partial charge in [0.15, 0.2) is 5.71 Å². The largest absolute Gasteiger partial charge is 0.489 e. The van der Waals surface area contributed by atoms with Gasteiger partial charge in [0.05, 0.1) is 0 Å². The molecule has 0 aliphatic heterocycles. The molecule has 0 radical (unpaired) electrons. The molecule has 0 aliphatic rings. The van der Waals surface area contributed by atoms with Crippen LogP contribution in [0.4, 0.5) is 0 Å². The van der Waals surface area contributed by atoms with Gasteiger partial charge in [-0.25, -0.2) is 0 Å². The van der Waals surface area contributed by atoms with E-state index >= 15 is 0 Å². The Kier molecular flexibility index (Phi) is 6.17. The van der Waals surface area contributed by atoms with Crippen molar-refractivity contribution >= 4 is 11.6 Å². The Hall–Kier alpha value is -2.82. The fraction of sp³-hybridized carbons (Fsp3) is 0.300. The average molecular weight is 340 g/mol. The van der Waals surface area contributed by atoms with Crippen LogP contribution in [0.5, 0.6) is 5.75 Å². The van der Waals surface area contributed by atoms with Crippen molar-refractivity contribution in [2.45, 2.75) is 27.4 Å². The number of nitrogens with zero attached hydrogens (tertiary/aromatic N) is 1. The maximum Gasteiger partial charge on any atom is 0.273 e. The lowest BCUT2D eigenvalue weighted by Crippen LogP contribution is -2.29. The molecule has 2 aromatic rings. The Morgan fingerprint density at radius 3 is 2.56 bits per heavy atom. The summed E-state index contributed by atoms with van der Waals surface area (Å²) in [6, 6.07) is 11.7. The molecular weight excluding hydrogens is 316 g/mol. The zero-order chi connectivity index (χ0) is 18.4. The van der Waals surface area contributed by atoms with Crippen molar-refractivity contribution in [2.75, 3.05) is 14.2 Å². The van der Waals surface area contributed by atoms with Gasteiger partial charge in [-0.3, -0.25) is 4.79 Å². The third-order valence-corrected chi connectivity index (χ3v) is 4.04. The minimum atomic E-state index is -0.308. The molecule has 2 rings (SSSR count). The van der Waals surface area contributed by atoms with Crippen LogP contribution in [0.25, 0.3) is 0 Å². The molecule has 0 unspecified atom stereocenters. The lowest BCUT2D eigenvalue weighted by molar-refractivity contribution is -0.114. The molecule has 1 amide bonds. The van der Waals surface area contributed by atoms with Gasteiger partial charge in [0.1, 0.15) is 19.5 Å². The second kappa shape index (κ2) is 8.33. The van der Waals surface area contributed by atoms with Gasteiger partial charge in [-0.2, -0.15) is 0 Å². The highest BCUT2D eigenvalue weighted by Gasteiger charge is 2.17. The van der Waals surface area contributed by atoms with Crippen LogP contribution in [0.2, 0.25) is 0 Å². The number of amides is 1. The minimum absolute atomic E-state index is 0.223. The summed E-state index contributed by atoms with van der Waals surface area (Å²) in [7, 11) is 2.98. The number of carbonyl (C=O) groups excluding carboxylic acids is 1. The van der Waals surface area contributed by atoms with E-state index in [0.29, 0.717) is 12.2 Å². The van der Waals surface area contributed by atoms with Crippen molar-refractivity contribution in [3.05, 3.63) is 64.2 Å². The Balaban J connectivity index is 2.33. The molecule has 0 saturated carbocycles. The van der Waals surface area contributed by atoms with E-state index in [4.69, 9.17) is 9.57 Å². The highest BCUT2D eigenvalue weighted by Crippen LogP contribution is 2.25. The van der Waals surface area contributed by atoms with E-state index in [2.05, 4.69) is 23.5 Å². The molecule has 0 atom stereocenters. The number of likely N-dealkylation sites (N-methyl/N-ethyl adjacent to an activating group) is 1. The number of rotatable bonds is 6. The summed E-state index contributed by atoms with van der Waals surface area (Å²) >= 11 is 0. The maximum atomic E-state index is 12.1. The fourth-order valence-corrected chi connectivity index (χ4v) is 2.61. The lowest BCUT2D eigenvalue weighted by atomic mass is 10.0. The van der Waals surface area contributed by atoms with Crippen molar-refractivity contribution in [2.24, 2.45) is 5.16 Å². The summed E-state index contributed by atoms with van der Waals surface area (Å²) in [5.41, 5.74) is 5.22. The Morgan fingerprint density at radius 1 is 1.16 bits per heavy atom. The zero-order valence-electron chi connectivity index (χ0n) is 15.3. The van der Waals surface area contributed by atoms with Gasteiger partial charge in [-0.1, -0.05) is 35.5 Å². The van der Waals surface area contributed by atoms with Gasteiger partial charge < -0.3 is 14.9 Å². The third-order valence-electron chi connectivity index (χ3n) is 4.04. The van der Waals surface area contributed by atoms with Crippen LogP contribution >= 0.6 is 0 Å². The quantitative estimate of drug-likeness (QED) is 0.648. The number of ether oxygens (including phenoxy) is 1. The summed E-state index contributed by atoms with van der Waals surface area (Å²) in [6.07, 6.45) is 0. The van der Waals surface area contributed by atoms with Crippen molar-refractivity contribution in [3.63, 3.8) is 0 Å². The molecule has 5 heteroatoms. The first-order valence-corrected chi connectivity index (χ1v) is 8.10. The van der Waals surface area contributed by atoms with Crippen LogP contribution in [0, 0.1) is 20.8 Å². The second-order valence-electron chi connectivity index (χ2n) is 5.85. The summed E-state index contributed by atoms with van der Waals surface area (Å²) in [6.45, 7) is 6.48. The van der Waals surface area contributed by atoms with E-state index < -0.39 is 0 Å². The normalized spacial score (nSPS) is 11.2. The van der Waals surface area contributed by atoms with Crippen molar-refractivity contribution in [1.29, 1.82) is 0 Å². The number of hydrogen-bond donors (Lipinski definition) is 1. The van der Waals surface area contributed by atoms with Gasteiger partial charge in [-0.15, -0.1) is 0 Å². The monoisotopic (exact) mass is 340 g/mol. The summed E-state index contributed by atoms with van der Waals surface area (Å²) in [5, 5.41) is 6.46. The molecule has 2 aromatic carbocycles. The van der Waals surface area contributed by atoms with E-state index in [1.54, 1.807) is 7.05 Å². The first kappa shape index (κ1) is 18.5. The number of carbonyl (C=O) groups is 1. The van der Waals surface area contributed by atoms with Crippen LogP contribution in [0.15, 0.2) is 41.6 Å². The van der Waals surface area contributed by atoms with E-state index in [1.165, 1.54) is 12.7 Å². The topological polar surface area (TPSA) is 59.9 Å². The molecule has 0 heterocycles. The fourth-order valence-electron chi connectivity index (χ4n) is 2.61. The predicted molar refractivity (Wildman–Crippen MR) is 99.0 cm³/mol. The molecule has 25 heavy (non-hydrogen) atoms. The summed E-state index contributed by atoms with van der Waals surface area (Å²) in [4.78, 5) is 16.9. The molecule has 0 aliphatic carbocycles. The van der Waals surface area contributed by atoms with Gasteiger partial charge in [-0.05, 0) is 49.1 Å². The Morgan fingerprint density at radius 2 is 1.88 bits per heavy atom. The highest BCUT2D eigenvalue weighted by molar-refractivity contribution is 6.45. The Labute approximate surface area is 148 Å². The van der Waals surface area contributed by atoms with E-state index in [-0.39, 0.29) is 11.6 Å². The second-order valence-corrected chi connectivity index (χ2v) is 5.85. The molecular formula is C20H24N2O3. The molecule has 0 saturated heterocycles. The van der Waals surface area contributed by atoms with Crippen molar-refractivity contribution in [3.8, 4) is 5.75 Å². The van der Waals surface area contributed by atoms with Crippen molar-refractivity contribution in [1.82, 2.24) is 5.32 Å². The number of hydrogen-bond acceptors (Lipinski definition) is 4. The van der Waals surface area contributed by atoms with Crippen LogP contribution in [0.3, 0.4) is 0 Å². The standard InChI is InChI=1S/C20H24N2O3/c1-13-10-14(2)15(3)18(11-13)25-12-16-8-6-7-9-17(16)19(22-24-5)20(23)21-4/h6-11H,12H2,1-5H3,(H,21,23)/b22-19+. The van der Waals surface area contributed by atoms with E-state index in [1.807, 2.05) is 44.2 Å².